The smallest absolute Gasteiger partial charge is 0.414 e. The third-order valence-corrected chi connectivity index (χ3v) is 4.06. The molecule has 1 aromatic rings. The molecule has 2 aliphatic heterocycles. The Balaban J connectivity index is 1.72. The molecule has 1 aromatic carbocycles. The number of ether oxygens (including phenoxy) is 2. The van der Waals surface area contributed by atoms with E-state index in [1.165, 1.54) is 16.5 Å². The Kier molecular flexibility index (Phi) is 4.92. The second-order valence-electron chi connectivity index (χ2n) is 5.38. The van der Waals surface area contributed by atoms with E-state index in [0.29, 0.717) is 50.8 Å². The van der Waals surface area contributed by atoms with Crippen LogP contribution in [0.3, 0.4) is 0 Å². The Morgan fingerprint density at radius 2 is 2.17 bits per heavy atom. The maximum Gasteiger partial charge on any atom is 0.414 e. The van der Waals surface area contributed by atoms with E-state index < -0.39 is 6.09 Å². The van der Waals surface area contributed by atoms with Gasteiger partial charge in [0, 0.05) is 13.1 Å². The van der Waals surface area contributed by atoms with Gasteiger partial charge in [-0.05, 0) is 18.2 Å². The fourth-order valence-corrected chi connectivity index (χ4v) is 2.84. The van der Waals surface area contributed by atoms with E-state index in [1.807, 2.05) is 4.90 Å². The van der Waals surface area contributed by atoms with Crippen molar-refractivity contribution in [3.63, 3.8) is 0 Å². The van der Waals surface area contributed by atoms with Gasteiger partial charge in [-0.15, -0.1) is 0 Å². The van der Waals surface area contributed by atoms with Gasteiger partial charge in [-0.1, -0.05) is 12.2 Å². The van der Waals surface area contributed by atoms with Crippen molar-refractivity contribution in [2.75, 3.05) is 49.2 Å². The van der Waals surface area contributed by atoms with E-state index in [9.17, 15) is 9.18 Å². The number of anilines is 2. The van der Waals surface area contributed by atoms with Crippen molar-refractivity contribution in [1.82, 2.24) is 5.32 Å². The lowest BCUT2D eigenvalue weighted by Crippen LogP contribution is -2.36. The number of hydrogen-bond acceptors (Lipinski definition) is 5. The number of thiocarbonyl (C=S) groups is 1. The largest absolute Gasteiger partial charge is 0.442 e. The van der Waals surface area contributed by atoms with E-state index in [1.54, 1.807) is 12.1 Å². The minimum atomic E-state index is -0.473. The summed E-state index contributed by atoms with van der Waals surface area (Å²) in [5.74, 6) is -0.349. The number of halogens is 1. The van der Waals surface area contributed by atoms with E-state index in [-0.39, 0.29) is 11.9 Å². The van der Waals surface area contributed by atoms with Crippen LogP contribution in [0.1, 0.15) is 0 Å². The number of rotatable bonds is 5. The Labute approximate surface area is 139 Å². The Morgan fingerprint density at radius 3 is 2.87 bits per heavy atom. The number of carbonyl (C=O) groups excluding carboxylic acids is 1. The van der Waals surface area contributed by atoms with Crippen molar-refractivity contribution in [3.8, 4) is 0 Å². The lowest BCUT2D eigenvalue weighted by molar-refractivity contribution is 0.122. The first-order chi connectivity index (χ1) is 11.2. The van der Waals surface area contributed by atoms with E-state index in [2.05, 4.69) is 17.5 Å². The molecular weight excluding hydrogens is 321 g/mol. The highest BCUT2D eigenvalue weighted by atomic mass is 32.1. The quantitative estimate of drug-likeness (QED) is 0.821. The van der Waals surface area contributed by atoms with Crippen LogP contribution in [0.4, 0.5) is 20.6 Å². The number of nitrogens with zero attached hydrogens (tertiary/aromatic N) is 2. The lowest BCUT2D eigenvalue weighted by atomic mass is 10.2. The summed E-state index contributed by atoms with van der Waals surface area (Å²) in [4.78, 5) is 15.3. The number of nitrogens with one attached hydrogen (secondary N) is 1. The summed E-state index contributed by atoms with van der Waals surface area (Å²) in [6.07, 6.45) is -0.775. The maximum atomic E-state index is 14.4. The fourth-order valence-electron chi connectivity index (χ4n) is 2.74. The first kappa shape index (κ1) is 15.9. The van der Waals surface area contributed by atoms with Gasteiger partial charge in [0.15, 0.2) is 0 Å². The zero-order chi connectivity index (χ0) is 16.2. The van der Waals surface area contributed by atoms with Gasteiger partial charge in [0.2, 0.25) is 0 Å². The molecule has 1 atom stereocenters. The third-order valence-electron chi connectivity index (χ3n) is 3.90. The van der Waals surface area contributed by atoms with Crippen LogP contribution in [-0.2, 0) is 9.47 Å². The molecule has 1 amide bonds. The zero-order valence-electron chi connectivity index (χ0n) is 12.5. The number of benzene rings is 1. The molecule has 0 aliphatic carbocycles. The van der Waals surface area contributed by atoms with Gasteiger partial charge in [0.1, 0.15) is 11.9 Å². The van der Waals surface area contributed by atoms with Crippen LogP contribution in [0.5, 0.6) is 0 Å². The van der Waals surface area contributed by atoms with Gasteiger partial charge in [-0.2, -0.15) is 0 Å². The van der Waals surface area contributed by atoms with Crippen LogP contribution >= 0.6 is 12.2 Å². The summed E-state index contributed by atoms with van der Waals surface area (Å²) in [6.45, 7) is 3.31. The zero-order valence-corrected chi connectivity index (χ0v) is 13.4. The number of amides is 1. The second kappa shape index (κ2) is 7.10. The molecule has 0 saturated carbocycles. The summed E-state index contributed by atoms with van der Waals surface area (Å²) in [6, 6.07) is 4.82. The highest BCUT2D eigenvalue weighted by Crippen LogP contribution is 2.28. The molecule has 0 spiro atoms. The third kappa shape index (κ3) is 3.53. The van der Waals surface area contributed by atoms with Crippen LogP contribution in [0.25, 0.3) is 0 Å². The highest BCUT2D eigenvalue weighted by Gasteiger charge is 2.32. The van der Waals surface area contributed by atoms with Crippen molar-refractivity contribution in [2.45, 2.75) is 6.10 Å². The fraction of sp³-hybridized carbons (Fsp3) is 0.467. The number of hydrogen-bond donors (Lipinski definition) is 1. The second-order valence-corrected chi connectivity index (χ2v) is 5.61. The first-order valence-corrected chi connectivity index (χ1v) is 7.93. The number of cyclic esters (lactones) is 1. The molecule has 1 N–H and O–H groups in total. The SMILES string of the molecule is O=C1OC(CNC=S)CN1c1ccc(N2CCOCC2)c(F)c1. The molecule has 2 saturated heterocycles. The molecule has 124 valence electrons. The maximum absolute atomic E-state index is 14.4. The molecule has 1 unspecified atom stereocenters. The average molecular weight is 339 g/mol. The normalized spacial score (nSPS) is 21.3. The van der Waals surface area contributed by atoms with Gasteiger partial charge >= 0.3 is 6.09 Å². The molecule has 2 aliphatic rings. The molecule has 8 heteroatoms. The Bertz CT molecular complexity index is 595. The first-order valence-electron chi connectivity index (χ1n) is 7.46. The van der Waals surface area contributed by atoms with Crippen molar-refractivity contribution in [1.29, 1.82) is 0 Å². The highest BCUT2D eigenvalue weighted by molar-refractivity contribution is 7.78. The van der Waals surface area contributed by atoms with Gasteiger partial charge < -0.3 is 19.7 Å². The molecule has 3 rings (SSSR count). The number of morpholine rings is 1. The van der Waals surface area contributed by atoms with Crippen LogP contribution in [0.15, 0.2) is 18.2 Å². The van der Waals surface area contributed by atoms with E-state index in [4.69, 9.17) is 9.47 Å². The van der Waals surface area contributed by atoms with Gasteiger partial charge in [0.25, 0.3) is 0 Å². The summed E-state index contributed by atoms with van der Waals surface area (Å²) < 4.78 is 24.9. The molecule has 2 fully saturated rings. The standard InChI is InChI=1S/C15H18FN3O3S/c16-13-7-11(1-2-14(13)18-3-5-21-6-4-18)19-9-12(8-17-10-23)22-15(19)20/h1-2,7,10,12H,3-6,8-9H2,(H,17,23). The van der Waals surface area contributed by atoms with Crippen LogP contribution < -0.4 is 15.1 Å². The van der Waals surface area contributed by atoms with Crippen LogP contribution in [-0.4, -0.2) is 57.1 Å². The predicted octanol–water partition coefficient (Wildman–Crippen LogP) is 1.53. The van der Waals surface area contributed by atoms with Crippen molar-refractivity contribution < 1.29 is 18.7 Å². The lowest BCUT2D eigenvalue weighted by Gasteiger charge is -2.29. The summed E-state index contributed by atoms with van der Waals surface area (Å²) in [5, 5.41) is 2.84. The van der Waals surface area contributed by atoms with Gasteiger partial charge in [-0.3, -0.25) is 4.90 Å². The summed E-state index contributed by atoms with van der Waals surface area (Å²) >= 11 is 4.68. The minimum Gasteiger partial charge on any atom is -0.442 e. The minimum absolute atomic E-state index is 0.302. The van der Waals surface area contributed by atoms with E-state index in [0.717, 1.165) is 0 Å². The van der Waals surface area contributed by atoms with Crippen LogP contribution in [0.2, 0.25) is 0 Å². The van der Waals surface area contributed by atoms with Crippen molar-refractivity contribution in [3.05, 3.63) is 24.0 Å². The molecule has 0 radical (unpaired) electrons. The average Bonchev–Trinajstić information content (AvgIpc) is 2.94. The molecule has 0 bridgehead atoms. The van der Waals surface area contributed by atoms with Gasteiger partial charge in [0.05, 0.1) is 43.2 Å². The summed E-state index contributed by atoms with van der Waals surface area (Å²) in [7, 11) is 0. The molecule has 0 aromatic heterocycles. The topological polar surface area (TPSA) is 54.0 Å². The number of carbonyl (C=O) groups is 1. The van der Waals surface area contributed by atoms with Crippen LogP contribution in [0, 0.1) is 5.82 Å². The monoisotopic (exact) mass is 339 g/mol. The predicted molar refractivity (Wildman–Crippen MR) is 88.7 cm³/mol. The summed E-state index contributed by atoms with van der Waals surface area (Å²) in [5.41, 5.74) is 2.41. The van der Waals surface area contributed by atoms with E-state index >= 15 is 0 Å². The van der Waals surface area contributed by atoms with Crippen molar-refractivity contribution in [2.24, 2.45) is 0 Å². The molecule has 2 heterocycles. The molecule has 23 heavy (non-hydrogen) atoms. The van der Waals surface area contributed by atoms with Gasteiger partial charge in [-0.25, -0.2) is 9.18 Å². The Hall–Kier alpha value is -1.93. The molecule has 6 nitrogen and oxygen atoms in total. The van der Waals surface area contributed by atoms with Crippen molar-refractivity contribution >= 4 is 35.2 Å². The Morgan fingerprint density at radius 1 is 1.39 bits per heavy atom. The molecular formula is C15H18FN3O3S.